The first-order valence-corrected chi connectivity index (χ1v) is 12.7. The molecule has 0 bridgehead atoms. The van der Waals surface area contributed by atoms with Crippen molar-refractivity contribution in [2.45, 2.75) is 38.1 Å². The van der Waals surface area contributed by atoms with E-state index < -0.39 is 0 Å². The Hall–Kier alpha value is -3.25. The lowest BCUT2D eigenvalue weighted by Gasteiger charge is -2.39. The fourth-order valence-electron chi connectivity index (χ4n) is 5.31. The maximum absolute atomic E-state index is 10.0. The van der Waals surface area contributed by atoms with Gasteiger partial charge in [-0.2, -0.15) is 0 Å². The molecule has 0 radical (unpaired) electrons. The number of aromatic hydroxyl groups is 1. The van der Waals surface area contributed by atoms with Crippen molar-refractivity contribution in [1.82, 2.24) is 9.88 Å². The van der Waals surface area contributed by atoms with Gasteiger partial charge in [-0.1, -0.05) is 24.6 Å². The monoisotopic (exact) mass is 473 g/mol. The van der Waals surface area contributed by atoms with E-state index in [1.807, 2.05) is 18.3 Å². The second kappa shape index (κ2) is 11.0. The van der Waals surface area contributed by atoms with Crippen LogP contribution in [0.4, 0.5) is 5.69 Å². The number of phenols is 1. The number of fused-ring (bicyclic) bond motifs is 1. The van der Waals surface area contributed by atoms with Crippen LogP contribution in [0.15, 0.2) is 60.8 Å². The third kappa shape index (κ3) is 5.70. The molecule has 6 nitrogen and oxygen atoms in total. The minimum atomic E-state index is 0.153. The van der Waals surface area contributed by atoms with Crippen LogP contribution in [-0.4, -0.2) is 54.9 Å². The molecule has 0 saturated carbocycles. The summed E-state index contributed by atoms with van der Waals surface area (Å²) in [5, 5.41) is 10.0. The van der Waals surface area contributed by atoms with Gasteiger partial charge in [0.15, 0.2) is 0 Å². The van der Waals surface area contributed by atoms with Gasteiger partial charge in [-0.05, 0) is 85.8 Å². The highest BCUT2D eigenvalue weighted by atomic mass is 16.5. The third-order valence-electron chi connectivity index (χ3n) is 7.22. The molecule has 5 rings (SSSR count). The van der Waals surface area contributed by atoms with Crippen molar-refractivity contribution >= 4 is 5.69 Å². The Morgan fingerprint density at radius 2 is 1.80 bits per heavy atom. The van der Waals surface area contributed by atoms with Crippen molar-refractivity contribution in [1.29, 1.82) is 0 Å². The third-order valence-corrected chi connectivity index (χ3v) is 7.22. The van der Waals surface area contributed by atoms with Gasteiger partial charge in [0.1, 0.15) is 18.1 Å². The first-order chi connectivity index (χ1) is 17.2. The van der Waals surface area contributed by atoms with E-state index in [9.17, 15) is 5.11 Å². The summed E-state index contributed by atoms with van der Waals surface area (Å²) in [6, 6.07) is 18.4. The van der Waals surface area contributed by atoms with E-state index in [1.165, 1.54) is 49.0 Å². The average Bonchev–Trinajstić information content (AvgIpc) is 2.90. The van der Waals surface area contributed by atoms with Crippen LogP contribution in [0.1, 0.15) is 42.0 Å². The highest BCUT2D eigenvalue weighted by molar-refractivity contribution is 5.53. The Balaban J connectivity index is 1.29. The quantitative estimate of drug-likeness (QED) is 0.497. The number of anilines is 1. The van der Waals surface area contributed by atoms with Gasteiger partial charge in [0.05, 0.1) is 25.0 Å². The zero-order valence-corrected chi connectivity index (χ0v) is 20.5. The van der Waals surface area contributed by atoms with Gasteiger partial charge >= 0.3 is 0 Å². The van der Waals surface area contributed by atoms with Gasteiger partial charge in [0.2, 0.25) is 5.88 Å². The highest BCUT2D eigenvalue weighted by Crippen LogP contribution is 2.37. The summed E-state index contributed by atoms with van der Waals surface area (Å²) in [5.41, 5.74) is 4.80. The number of aromatic nitrogens is 1. The summed E-state index contributed by atoms with van der Waals surface area (Å²) in [6.45, 7) is 4.99. The van der Waals surface area contributed by atoms with Gasteiger partial charge < -0.3 is 19.5 Å². The van der Waals surface area contributed by atoms with Crippen LogP contribution in [0.2, 0.25) is 0 Å². The van der Waals surface area contributed by atoms with E-state index in [0.717, 1.165) is 44.0 Å². The Kier molecular flexibility index (Phi) is 7.38. The molecule has 1 fully saturated rings. The number of methoxy groups -OCH3 is 1. The number of hydrogen-bond donors (Lipinski definition) is 1. The number of phenolic OH excluding ortho intramolecular Hbond substituents is 1. The van der Waals surface area contributed by atoms with Gasteiger partial charge in [-0.25, -0.2) is 4.98 Å². The van der Waals surface area contributed by atoms with Gasteiger partial charge in [-0.3, -0.25) is 4.90 Å². The summed E-state index contributed by atoms with van der Waals surface area (Å²) in [6.07, 6.45) is 7.60. The Morgan fingerprint density at radius 3 is 2.54 bits per heavy atom. The standard InChI is InChI=1S/C29H35N3O3/c1-34-29-12-7-24(21-30-29)32-16-13-23-20-25(33)8-11-27(23)28(32)19-22-5-9-26(10-6-22)35-18-17-31-14-3-2-4-15-31/h5-12,20-21,28,33H,2-4,13-19H2,1H3. The molecular formula is C29H35N3O3. The predicted molar refractivity (Wildman–Crippen MR) is 139 cm³/mol. The zero-order chi connectivity index (χ0) is 24.0. The lowest BCUT2D eigenvalue weighted by molar-refractivity contribution is 0.183. The SMILES string of the molecule is COc1ccc(N2CCc3cc(O)ccc3C2Cc2ccc(OCCN3CCCCC3)cc2)cn1. The summed E-state index contributed by atoms with van der Waals surface area (Å²) in [4.78, 5) is 9.34. The second-order valence-corrected chi connectivity index (χ2v) is 9.50. The van der Waals surface area contributed by atoms with Gasteiger partial charge in [0.25, 0.3) is 0 Å². The number of piperidine rings is 1. The van der Waals surface area contributed by atoms with E-state index in [-0.39, 0.29) is 6.04 Å². The maximum Gasteiger partial charge on any atom is 0.213 e. The van der Waals surface area contributed by atoms with Crippen LogP contribution in [0.3, 0.4) is 0 Å². The normalized spacial score (nSPS) is 18.2. The van der Waals surface area contributed by atoms with Crippen molar-refractivity contribution < 1.29 is 14.6 Å². The molecule has 3 aromatic rings. The van der Waals surface area contributed by atoms with Crippen LogP contribution in [0.25, 0.3) is 0 Å². The van der Waals surface area contributed by atoms with E-state index in [0.29, 0.717) is 11.6 Å². The first-order valence-electron chi connectivity index (χ1n) is 12.7. The lowest BCUT2D eigenvalue weighted by atomic mass is 9.88. The van der Waals surface area contributed by atoms with Crippen LogP contribution in [-0.2, 0) is 12.8 Å². The van der Waals surface area contributed by atoms with Gasteiger partial charge in [-0.15, -0.1) is 0 Å². The smallest absolute Gasteiger partial charge is 0.213 e. The molecule has 1 N–H and O–H groups in total. The molecule has 2 aromatic carbocycles. The number of likely N-dealkylation sites (tertiary alicyclic amines) is 1. The second-order valence-electron chi connectivity index (χ2n) is 9.50. The molecule has 184 valence electrons. The van der Waals surface area contributed by atoms with E-state index in [1.54, 1.807) is 13.2 Å². The minimum Gasteiger partial charge on any atom is -0.508 e. The fourth-order valence-corrected chi connectivity index (χ4v) is 5.31. The molecule has 0 amide bonds. The predicted octanol–water partition coefficient (Wildman–Crippen LogP) is 5.01. The molecule has 3 heterocycles. The molecule has 1 atom stereocenters. The Bertz CT molecular complexity index is 1100. The molecular weight excluding hydrogens is 438 g/mol. The average molecular weight is 474 g/mol. The Labute approximate surface area is 208 Å². The number of ether oxygens (including phenoxy) is 2. The molecule has 1 unspecified atom stereocenters. The number of pyridine rings is 1. The van der Waals surface area contributed by atoms with Crippen molar-refractivity contribution in [2.75, 3.05) is 44.8 Å². The number of benzene rings is 2. The molecule has 0 aliphatic carbocycles. The number of hydrogen-bond acceptors (Lipinski definition) is 6. The lowest BCUT2D eigenvalue weighted by Crippen LogP contribution is -2.36. The van der Waals surface area contributed by atoms with Crippen molar-refractivity contribution in [2.24, 2.45) is 0 Å². The van der Waals surface area contributed by atoms with Crippen molar-refractivity contribution in [3.8, 4) is 17.4 Å². The van der Waals surface area contributed by atoms with Crippen molar-refractivity contribution in [3.63, 3.8) is 0 Å². The van der Waals surface area contributed by atoms with E-state index in [4.69, 9.17) is 9.47 Å². The molecule has 2 aliphatic heterocycles. The number of nitrogens with zero attached hydrogens (tertiary/aromatic N) is 3. The van der Waals surface area contributed by atoms with Crippen molar-refractivity contribution in [3.05, 3.63) is 77.5 Å². The van der Waals surface area contributed by atoms with Gasteiger partial charge in [0, 0.05) is 19.2 Å². The molecule has 35 heavy (non-hydrogen) atoms. The fraction of sp³-hybridized carbons (Fsp3) is 0.414. The summed E-state index contributed by atoms with van der Waals surface area (Å²) in [7, 11) is 1.63. The highest BCUT2D eigenvalue weighted by Gasteiger charge is 2.28. The van der Waals surface area contributed by atoms with Crippen LogP contribution >= 0.6 is 0 Å². The summed E-state index contributed by atoms with van der Waals surface area (Å²) < 4.78 is 11.3. The molecule has 6 heteroatoms. The zero-order valence-electron chi connectivity index (χ0n) is 20.5. The maximum atomic E-state index is 10.0. The van der Waals surface area contributed by atoms with Crippen LogP contribution < -0.4 is 14.4 Å². The number of rotatable bonds is 8. The van der Waals surface area contributed by atoms with Crippen LogP contribution in [0, 0.1) is 0 Å². The molecule has 1 saturated heterocycles. The molecule has 1 aromatic heterocycles. The summed E-state index contributed by atoms with van der Waals surface area (Å²) >= 11 is 0. The topological polar surface area (TPSA) is 58.1 Å². The first kappa shape index (κ1) is 23.5. The molecule has 2 aliphatic rings. The largest absolute Gasteiger partial charge is 0.508 e. The van der Waals surface area contributed by atoms with E-state index >= 15 is 0 Å². The molecule has 0 spiro atoms. The van der Waals surface area contributed by atoms with E-state index in [2.05, 4.69) is 51.2 Å². The summed E-state index contributed by atoms with van der Waals surface area (Å²) in [5.74, 6) is 1.87. The Morgan fingerprint density at radius 1 is 0.971 bits per heavy atom. The minimum absolute atomic E-state index is 0.153. The van der Waals surface area contributed by atoms with Crippen LogP contribution in [0.5, 0.6) is 17.4 Å².